The normalized spacial score (nSPS) is 23.2. The number of carboxylic acid groups (broad SMARTS) is 1. The fraction of sp³-hybridized carbons (Fsp3) is 0.714. The summed E-state index contributed by atoms with van der Waals surface area (Å²) in [7, 11) is 0. The molecule has 0 aromatic heterocycles. The average molecular weight is 268 g/mol. The third kappa shape index (κ3) is 5.32. The molecule has 0 saturated heterocycles. The Balaban J connectivity index is 2.58. The van der Waals surface area contributed by atoms with Crippen molar-refractivity contribution in [2.24, 2.45) is 5.92 Å². The molecule has 2 atom stereocenters. The lowest BCUT2D eigenvalue weighted by atomic mass is 9.97. The number of hydrogen-bond donors (Lipinski definition) is 2. The Morgan fingerprint density at radius 2 is 2.05 bits per heavy atom. The Morgan fingerprint density at radius 1 is 1.37 bits per heavy atom. The Hall–Kier alpha value is -1.52. The van der Waals surface area contributed by atoms with Crippen molar-refractivity contribution < 1.29 is 14.7 Å². The SMILES string of the molecule is C=CCN(CC(=O)O)C(=O)NC1CCCCCC1C. The summed E-state index contributed by atoms with van der Waals surface area (Å²) in [4.78, 5) is 24.1. The van der Waals surface area contributed by atoms with E-state index in [1.807, 2.05) is 0 Å². The van der Waals surface area contributed by atoms with Crippen molar-refractivity contribution in [3.63, 3.8) is 0 Å². The molecule has 0 spiro atoms. The van der Waals surface area contributed by atoms with E-state index in [0.29, 0.717) is 5.92 Å². The fourth-order valence-corrected chi connectivity index (χ4v) is 2.50. The molecular formula is C14H24N2O3. The van der Waals surface area contributed by atoms with Crippen molar-refractivity contribution in [1.29, 1.82) is 0 Å². The van der Waals surface area contributed by atoms with Gasteiger partial charge in [-0.2, -0.15) is 0 Å². The van der Waals surface area contributed by atoms with E-state index in [1.54, 1.807) is 6.08 Å². The van der Waals surface area contributed by atoms with Crippen LogP contribution in [0.3, 0.4) is 0 Å². The highest BCUT2D eigenvalue weighted by Gasteiger charge is 2.24. The maximum Gasteiger partial charge on any atom is 0.323 e. The number of nitrogens with zero attached hydrogens (tertiary/aromatic N) is 1. The van der Waals surface area contributed by atoms with E-state index in [-0.39, 0.29) is 25.2 Å². The van der Waals surface area contributed by atoms with Gasteiger partial charge in [-0.1, -0.05) is 32.3 Å². The average Bonchev–Trinajstić information content (AvgIpc) is 2.54. The minimum absolute atomic E-state index is 0.149. The van der Waals surface area contributed by atoms with Gasteiger partial charge in [-0.15, -0.1) is 6.58 Å². The van der Waals surface area contributed by atoms with Gasteiger partial charge in [-0.25, -0.2) is 4.79 Å². The zero-order valence-corrected chi connectivity index (χ0v) is 11.6. The van der Waals surface area contributed by atoms with E-state index in [0.717, 1.165) is 19.3 Å². The molecule has 1 saturated carbocycles. The fourth-order valence-electron chi connectivity index (χ4n) is 2.50. The minimum Gasteiger partial charge on any atom is -0.480 e. The third-order valence-corrected chi connectivity index (χ3v) is 3.63. The molecule has 2 unspecified atom stereocenters. The largest absolute Gasteiger partial charge is 0.480 e. The Kier molecular flexibility index (Phi) is 6.39. The van der Waals surface area contributed by atoms with Crippen molar-refractivity contribution in [3.8, 4) is 0 Å². The highest BCUT2D eigenvalue weighted by atomic mass is 16.4. The number of urea groups is 1. The van der Waals surface area contributed by atoms with Crippen molar-refractivity contribution in [2.45, 2.75) is 45.1 Å². The molecule has 0 heterocycles. The molecule has 5 heteroatoms. The van der Waals surface area contributed by atoms with Gasteiger partial charge < -0.3 is 15.3 Å². The number of nitrogens with one attached hydrogen (secondary N) is 1. The zero-order chi connectivity index (χ0) is 14.3. The first kappa shape index (κ1) is 15.5. The molecule has 2 amide bonds. The van der Waals surface area contributed by atoms with Crippen LogP contribution < -0.4 is 5.32 Å². The molecule has 2 N–H and O–H groups in total. The molecule has 5 nitrogen and oxygen atoms in total. The summed E-state index contributed by atoms with van der Waals surface area (Å²) in [6.45, 7) is 5.65. The highest BCUT2D eigenvalue weighted by Crippen LogP contribution is 2.23. The molecule has 108 valence electrons. The van der Waals surface area contributed by atoms with Crippen LogP contribution in [0.15, 0.2) is 12.7 Å². The van der Waals surface area contributed by atoms with E-state index < -0.39 is 5.97 Å². The summed E-state index contributed by atoms with van der Waals surface area (Å²) >= 11 is 0. The van der Waals surface area contributed by atoms with Gasteiger partial charge in [0, 0.05) is 12.6 Å². The molecule has 0 aromatic carbocycles. The number of carboxylic acids is 1. The van der Waals surface area contributed by atoms with Crippen molar-refractivity contribution in [1.82, 2.24) is 10.2 Å². The smallest absolute Gasteiger partial charge is 0.323 e. The standard InChI is InChI=1S/C14H24N2O3/c1-3-9-16(10-13(17)18)14(19)15-12-8-6-4-5-7-11(12)2/h3,11-12H,1,4-10H2,2H3,(H,15,19)(H,17,18). The Labute approximate surface area is 114 Å². The maximum atomic E-state index is 12.1. The molecule has 1 fully saturated rings. The molecule has 0 aromatic rings. The first-order valence-corrected chi connectivity index (χ1v) is 6.92. The van der Waals surface area contributed by atoms with Gasteiger partial charge in [0.25, 0.3) is 0 Å². The summed E-state index contributed by atoms with van der Waals surface area (Å²) in [6, 6.07) is -0.155. The predicted molar refractivity (Wildman–Crippen MR) is 74.0 cm³/mol. The molecule has 1 aliphatic carbocycles. The molecular weight excluding hydrogens is 244 g/mol. The van der Waals surface area contributed by atoms with E-state index in [2.05, 4.69) is 18.8 Å². The Morgan fingerprint density at radius 3 is 2.68 bits per heavy atom. The van der Waals surface area contributed by atoms with Gasteiger partial charge in [-0.05, 0) is 18.8 Å². The summed E-state index contributed by atoms with van der Waals surface area (Å²) in [5, 5.41) is 11.8. The van der Waals surface area contributed by atoms with Crippen LogP contribution in [0.25, 0.3) is 0 Å². The number of amides is 2. The predicted octanol–water partition coefficient (Wildman–Crippen LogP) is 2.24. The lowest BCUT2D eigenvalue weighted by Gasteiger charge is -2.27. The van der Waals surface area contributed by atoms with Crippen LogP contribution in [0.2, 0.25) is 0 Å². The van der Waals surface area contributed by atoms with Gasteiger partial charge in [-0.3, -0.25) is 4.79 Å². The topological polar surface area (TPSA) is 69.6 Å². The number of aliphatic carboxylic acids is 1. The summed E-state index contributed by atoms with van der Waals surface area (Å²) in [5.41, 5.74) is 0. The van der Waals surface area contributed by atoms with Crippen LogP contribution in [-0.4, -0.2) is 41.1 Å². The van der Waals surface area contributed by atoms with Crippen molar-refractivity contribution in [3.05, 3.63) is 12.7 Å². The Bertz CT molecular complexity index is 331. The lowest BCUT2D eigenvalue weighted by molar-refractivity contribution is -0.137. The minimum atomic E-state index is -1.01. The first-order chi connectivity index (χ1) is 9.04. The monoisotopic (exact) mass is 268 g/mol. The lowest BCUT2D eigenvalue weighted by Crippen LogP contribution is -2.48. The second-order valence-electron chi connectivity index (χ2n) is 5.23. The number of carbonyl (C=O) groups is 2. The van der Waals surface area contributed by atoms with E-state index >= 15 is 0 Å². The number of hydrogen-bond acceptors (Lipinski definition) is 2. The molecule has 0 radical (unpaired) electrons. The molecule has 1 aliphatic rings. The maximum absolute atomic E-state index is 12.1. The van der Waals surface area contributed by atoms with Crippen LogP contribution in [0.5, 0.6) is 0 Å². The third-order valence-electron chi connectivity index (χ3n) is 3.63. The second kappa shape index (κ2) is 7.81. The van der Waals surface area contributed by atoms with Crippen molar-refractivity contribution in [2.75, 3.05) is 13.1 Å². The summed E-state index contributed by atoms with van der Waals surface area (Å²) in [5.74, 6) is -0.562. The van der Waals surface area contributed by atoms with Gasteiger partial charge in [0.15, 0.2) is 0 Å². The van der Waals surface area contributed by atoms with Crippen LogP contribution in [0, 0.1) is 5.92 Å². The number of rotatable bonds is 5. The van der Waals surface area contributed by atoms with Gasteiger partial charge in [0.1, 0.15) is 6.54 Å². The first-order valence-electron chi connectivity index (χ1n) is 6.92. The zero-order valence-electron chi connectivity index (χ0n) is 11.6. The van der Waals surface area contributed by atoms with E-state index in [1.165, 1.54) is 17.7 Å². The second-order valence-corrected chi connectivity index (χ2v) is 5.23. The van der Waals surface area contributed by atoms with Crippen LogP contribution in [0.4, 0.5) is 4.79 Å². The quantitative estimate of drug-likeness (QED) is 0.593. The molecule has 1 rings (SSSR count). The van der Waals surface area contributed by atoms with Crippen LogP contribution >= 0.6 is 0 Å². The van der Waals surface area contributed by atoms with Crippen molar-refractivity contribution >= 4 is 12.0 Å². The van der Waals surface area contributed by atoms with Gasteiger partial charge >= 0.3 is 12.0 Å². The summed E-state index contributed by atoms with van der Waals surface area (Å²) in [6.07, 6.45) is 7.17. The van der Waals surface area contributed by atoms with E-state index in [4.69, 9.17) is 5.11 Å². The van der Waals surface area contributed by atoms with E-state index in [9.17, 15) is 9.59 Å². The molecule has 19 heavy (non-hydrogen) atoms. The van der Waals surface area contributed by atoms with Crippen LogP contribution in [-0.2, 0) is 4.79 Å². The summed E-state index contributed by atoms with van der Waals surface area (Å²) < 4.78 is 0. The van der Waals surface area contributed by atoms with Crippen LogP contribution in [0.1, 0.15) is 39.0 Å². The highest BCUT2D eigenvalue weighted by molar-refractivity contribution is 5.80. The number of carbonyl (C=O) groups excluding carboxylic acids is 1. The van der Waals surface area contributed by atoms with Gasteiger partial charge in [0.2, 0.25) is 0 Å². The molecule has 0 bridgehead atoms. The molecule has 0 aliphatic heterocycles. The van der Waals surface area contributed by atoms with Gasteiger partial charge in [0.05, 0.1) is 0 Å².